The van der Waals surface area contributed by atoms with E-state index in [1.165, 1.54) is 0 Å². The molecule has 0 amide bonds. The molecule has 0 aromatic heterocycles. The van der Waals surface area contributed by atoms with Crippen molar-refractivity contribution in [3.63, 3.8) is 0 Å². The first kappa shape index (κ1) is 48.8. The van der Waals surface area contributed by atoms with Crippen LogP contribution >= 0.6 is 36.4 Å². The van der Waals surface area contributed by atoms with Crippen molar-refractivity contribution in [2.24, 2.45) is 0 Å². The fraction of sp³-hybridized carbons (Fsp3) is 0.500. The number of hydrogen-bond donors (Lipinski definition) is 3. The van der Waals surface area contributed by atoms with Gasteiger partial charge in [0.1, 0.15) is 5.88 Å². The molecule has 0 aromatic carbocycles. The summed E-state index contributed by atoms with van der Waals surface area (Å²) >= 11 is 4.74. The van der Waals surface area contributed by atoms with Crippen LogP contribution in [0.2, 0.25) is 0 Å². The van der Waals surface area contributed by atoms with E-state index < -0.39 is 5.97 Å². The van der Waals surface area contributed by atoms with Gasteiger partial charge >= 0.3 is 5.97 Å². The molecule has 0 rings (SSSR count). The molecule has 0 unspecified atom stereocenters. The van der Waals surface area contributed by atoms with E-state index >= 15 is 0 Å². The van der Waals surface area contributed by atoms with E-state index in [1.807, 2.05) is 0 Å². The molecule has 9 N–H and O–H groups in total. The lowest BCUT2D eigenvalue weighted by Gasteiger charge is -1.69. The van der Waals surface area contributed by atoms with Crippen LogP contribution in [0, 0.1) is 0 Å². The zero-order chi connectivity index (χ0) is 4.28. The summed E-state index contributed by atoms with van der Waals surface area (Å²) in [5.74, 6) is -1.29. The Labute approximate surface area is 76.4 Å². The van der Waals surface area contributed by atoms with Gasteiger partial charge in [-0.25, -0.2) is 0 Å². The Morgan fingerprint density at radius 3 is 1.40 bits per heavy atom. The van der Waals surface area contributed by atoms with Gasteiger partial charge in [0.15, 0.2) is 0 Å². The molecule has 0 aliphatic carbocycles. The fourth-order valence-corrected chi connectivity index (χ4v) is 0. The molecule has 10 heavy (non-hydrogen) atoms. The Hall–Kier alpha value is 0.220. The molecule has 0 saturated carbocycles. The third-order valence-corrected chi connectivity index (χ3v) is 0.343. The summed E-state index contributed by atoms with van der Waals surface area (Å²) in [7, 11) is 0. The van der Waals surface area contributed by atoms with Gasteiger partial charge in [-0.2, -0.15) is 0 Å². The van der Waals surface area contributed by atoms with Crippen molar-refractivity contribution in [2.75, 3.05) is 5.88 Å². The number of carbonyl (C=O) groups is 1. The Kier molecular flexibility index (Phi) is 171. The Morgan fingerprint density at radius 1 is 1.30 bits per heavy atom. The molecule has 0 heterocycles. The highest BCUT2D eigenvalue weighted by molar-refractivity contribution is 6.26. The minimum Gasteiger partial charge on any atom is -0.480 e. The highest BCUT2D eigenvalue weighted by atomic mass is 35.5. The minimum atomic E-state index is -0.980. The van der Waals surface area contributed by atoms with E-state index in [0.29, 0.717) is 0 Å². The van der Waals surface area contributed by atoms with Crippen LogP contribution < -0.4 is 12.3 Å². The third-order valence-electron chi connectivity index (χ3n) is 0.114. The van der Waals surface area contributed by atoms with Crippen molar-refractivity contribution in [1.29, 1.82) is 0 Å². The van der Waals surface area contributed by atoms with Crippen molar-refractivity contribution in [3.8, 4) is 0 Å². The molecule has 0 fully saturated rings. The van der Waals surface area contributed by atoms with Gasteiger partial charge in [0.25, 0.3) is 0 Å². The lowest BCUT2D eigenvalue weighted by molar-refractivity contribution is -0.134. The van der Waals surface area contributed by atoms with Gasteiger partial charge in [0, 0.05) is 0 Å². The number of halogens is 3. The number of rotatable bonds is 1. The summed E-state index contributed by atoms with van der Waals surface area (Å²) in [5.41, 5.74) is 0. The maximum Gasteiger partial charge on any atom is 0.318 e. The molecule has 8 heteroatoms. The van der Waals surface area contributed by atoms with Crippen LogP contribution in [0.3, 0.4) is 0 Å². The third kappa shape index (κ3) is 86.9. The lowest BCUT2D eigenvalue weighted by Crippen LogP contribution is -1.92. The van der Waals surface area contributed by atoms with Crippen LogP contribution in [0.1, 0.15) is 0 Å². The van der Waals surface area contributed by atoms with Crippen LogP contribution in [0.5, 0.6) is 0 Å². The maximum absolute atomic E-state index is 9.24. The monoisotopic (exact) mass is 218 g/mol. The van der Waals surface area contributed by atoms with Crippen molar-refractivity contribution < 1.29 is 15.4 Å². The fourth-order valence-electron chi connectivity index (χ4n) is 0. The number of hydrogen-bond acceptors (Lipinski definition) is 3. The summed E-state index contributed by atoms with van der Waals surface area (Å²) in [4.78, 5) is 9.24. The summed E-state index contributed by atoms with van der Waals surface area (Å²) < 4.78 is 0. The van der Waals surface area contributed by atoms with Gasteiger partial charge in [-0.15, -0.1) is 36.4 Å². The molecule has 70 valence electrons. The second kappa shape index (κ2) is 35.0. The van der Waals surface area contributed by atoms with E-state index in [0.717, 1.165) is 0 Å². The van der Waals surface area contributed by atoms with Gasteiger partial charge in [-0.3, -0.25) is 4.79 Å². The number of carboxylic acid groups (broad SMARTS) is 1. The lowest BCUT2D eigenvalue weighted by atomic mass is 10.8. The summed E-state index contributed by atoms with van der Waals surface area (Å²) in [6, 6.07) is 0. The Morgan fingerprint density at radius 2 is 1.40 bits per heavy atom. The van der Waals surface area contributed by atoms with Crippen LogP contribution in [0.25, 0.3) is 0 Å². The Bertz CT molecular complexity index is 55.0. The average Bonchev–Trinajstić information content (AvgIpc) is 1.38. The zero-order valence-corrected chi connectivity index (χ0v) is 7.56. The molecule has 0 atom stereocenters. The molecular formula is C2H13Cl3N2O3. The maximum atomic E-state index is 9.24. The van der Waals surface area contributed by atoms with Crippen LogP contribution in [0.15, 0.2) is 0 Å². The number of carboxylic acids is 1. The molecule has 0 bridgehead atoms. The van der Waals surface area contributed by atoms with E-state index in [9.17, 15) is 4.79 Å². The largest absolute Gasteiger partial charge is 0.480 e. The molecule has 0 saturated heterocycles. The zero-order valence-electron chi connectivity index (χ0n) is 5.17. The van der Waals surface area contributed by atoms with E-state index in [1.54, 1.807) is 0 Å². The molecule has 0 radical (unpaired) electrons. The van der Waals surface area contributed by atoms with Crippen LogP contribution in [-0.2, 0) is 4.79 Å². The number of alkyl halides is 1. The first-order valence-corrected chi connectivity index (χ1v) is 1.58. The molecule has 0 aliphatic heterocycles. The van der Waals surface area contributed by atoms with Gasteiger partial charge in [-0.1, -0.05) is 0 Å². The summed E-state index contributed by atoms with van der Waals surface area (Å²) in [6.07, 6.45) is 0. The van der Waals surface area contributed by atoms with Crippen molar-refractivity contribution in [1.82, 2.24) is 12.3 Å². The van der Waals surface area contributed by atoms with Gasteiger partial charge < -0.3 is 22.9 Å². The molecular weight excluding hydrogens is 206 g/mol. The van der Waals surface area contributed by atoms with Crippen molar-refractivity contribution >= 4 is 42.4 Å². The second-order valence-corrected chi connectivity index (χ2v) is 0.795. The Balaban J connectivity index is -0.00000000800. The van der Waals surface area contributed by atoms with E-state index in [2.05, 4.69) is 0 Å². The minimum absolute atomic E-state index is 0. The molecule has 0 spiro atoms. The second-order valence-electron chi connectivity index (χ2n) is 0.527. The van der Waals surface area contributed by atoms with E-state index in [4.69, 9.17) is 16.7 Å². The standard InChI is InChI=1S/C2H3ClO2.2ClH.2H3N.H2O/c3-1-2(4)5;;;;;/h1H2,(H,4,5);2*1H;2*1H3;1H2. The highest BCUT2D eigenvalue weighted by Crippen LogP contribution is 1.67. The predicted octanol–water partition coefficient (Wildman–Crippen LogP) is 0.653. The molecule has 0 aliphatic rings. The van der Waals surface area contributed by atoms with Gasteiger partial charge in [0.05, 0.1) is 0 Å². The van der Waals surface area contributed by atoms with Crippen LogP contribution in [-0.4, -0.2) is 22.4 Å². The smallest absolute Gasteiger partial charge is 0.318 e. The highest BCUT2D eigenvalue weighted by Gasteiger charge is 1.83. The molecule has 5 nitrogen and oxygen atoms in total. The van der Waals surface area contributed by atoms with E-state index in [-0.39, 0.29) is 48.5 Å². The first-order valence-electron chi connectivity index (χ1n) is 1.05. The van der Waals surface area contributed by atoms with Crippen molar-refractivity contribution in [3.05, 3.63) is 0 Å². The quantitative estimate of drug-likeness (QED) is 0.557. The van der Waals surface area contributed by atoms with Crippen LogP contribution in [0.4, 0.5) is 0 Å². The first-order chi connectivity index (χ1) is 2.27. The SMILES string of the molecule is Cl.Cl.N.N.O.O=C(O)CCl. The predicted molar refractivity (Wildman–Crippen MR) is 46.5 cm³/mol. The summed E-state index contributed by atoms with van der Waals surface area (Å²) in [6.45, 7) is 0. The van der Waals surface area contributed by atoms with Crippen molar-refractivity contribution in [2.45, 2.75) is 0 Å². The topological polar surface area (TPSA) is 139 Å². The normalized spacial score (nSPS) is 3.70. The average molecular weight is 219 g/mol. The van der Waals surface area contributed by atoms with Gasteiger partial charge in [-0.05, 0) is 0 Å². The molecule has 0 aromatic rings. The number of aliphatic carboxylic acids is 1. The van der Waals surface area contributed by atoms with Gasteiger partial charge in [0.2, 0.25) is 0 Å². The summed E-state index contributed by atoms with van der Waals surface area (Å²) in [5, 5.41) is 7.59.